The molecule has 2 aromatic carbocycles. The van der Waals surface area contributed by atoms with Crippen LogP contribution in [-0.2, 0) is 6.54 Å². The number of benzene rings is 2. The number of carboxylic acid groups (broad SMARTS) is 1. The van der Waals surface area contributed by atoms with Gasteiger partial charge in [-0.05, 0) is 24.3 Å². The largest absolute Gasteiger partial charge is 0.545 e. The number of aromatic carboxylic acids is 1. The molecule has 0 unspecified atom stereocenters. The average molecular weight is 335 g/mol. The number of para-hydroxylation sites is 1. The molecule has 104 valence electrons. The van der Waals surface area contributed by atoms with E-state index < -0.39 is 5.97 Å². The fraction of sp³-hybridized carbons (Fsp3) is 0.133. The topological polar surface area (TPSA) is 61.4 Å². The summed E-state index contributed by atoms with van der Waals surface area (Å²) in [5.74, 6) is -0.457. The molecule has 0 fully saturated rings. The molecule has 0 saturated heterocycles. The quantitative estimate of drug-likeness (QED) is 0.912. The fourth-order valence-electron chi connectivity index (χ4n) is 1.89. The highest BCUT2D eigenvalue weighted by Gasteiger charge is 2.06. The number of carboxylic acids is 1. The Kier molecular flexibility index (Phi) is 4.63. The summed E-state index contributed by atoms with van der Waals surface area (Å²) < 4.78 is 6.21. The molecule has 0 amide bonds. The first-order valence-corrected chi connectivity index (χ1v) is 6.78. The van der Waals surface area contributed by atoms with E-state index in [1.165, 1.54) is 6.07 Å². The number of rotatable bonds is 5. The molecule has 1 N–H and O–H groups in total. The van der Waals surface area contributed by atoms with Crippen molar-refractivity contribution >= 4 is 27.6 Å². The van der Waals surface area contributed by atoms with E-state index in [-0.39, 0.29) is 5.56 Å². The molecule has 0 aliphatic rings. The number of hydrogen-bond donors (Lipinski definition) is 1. The highest BCUT2D eigenvalue weighted by atomic mass is 79.9. The van der Waals surface area contributed by atoms with Gasteiger partial charge in [0, 0.05) is 27.8 Å². The lowest BCUT2D eigenvalue weighted by atomic mass is 10.1. The van der Waals surface area contributed by atoms with Crippen molar-refractivity contribution in [2.24, 2.45) is 0 Å². The maximum absolute atomic E-state index is 11.0. The highest BCUT2D eigenvalue weighted by molar-refractivity contribution is 9.10. The van der Waals surface area contributed by atoms with E-state index in [9.17, 15) is 9.90 Å². The predicted octanol–water partition coefficient (Wildman–Crippen LogP) is 2.43. The Hall–Kier alpha value is -2.01. The zero-order valence-corrected chi connectivity index (χ0v) is 12.4. The Labute approximate surface area is 125 Å². The number of methoxy groups -OCH3 is 1. The van der Waals surface area contributed by atoms with E-state index in [1.54, 1.807) is 25.3 Å². The predicted molar refractivity (Wildman–Crippen MR) is 78.8 cm³/mol. The summed E-state index contributed by atoms with van der Waals surface area (Å²) in [4.78, 5) is 11.0. The second kappa shape index (κ2) is 6.43. The number of nitrogens with one attached hydrogen (secondary N) is 1. The van der Waals surface area contributed by atoms with E-state index in [4.69, 9.17) is 4.74 Å². The van der Waals surface area contributed by atoms with Crippen LogP contribution in [0.1, 0.15) is 15.9 Å². The second-order valence-electron chi connectivity index (χ2n) is 4.14. The van der Waals surface area contributed by atoms with Crippen LogP contribution in [0.2, 0.25) is 0 Å². The van der Waals surface area contributed by atoms with Gasteiger partial charge in [0.1, 0.15) is 5.75 Å². The summed E-state index contributed by atoms with van der Waals surface area (Å²) in [6.45, 7) is 0.451. The van der Waals surface area contributed by atoms with Crippen LogP contribution in [0.3, 0.4) is 0 Å². The molecule has 0 heterocycles. The van der Waals surface area contributed by atoms with Crippen molar-refractivity contribution in [3.8, 4) is 5.75 Å². The van der Waals surface area contributed by atoms with Crippen molar-refractivity contribution in [1.82, 2.24) is 0 Å². The Morgan fingerprint density at radius 2 is 2.05 bits per heavy atom. The van der Waals surface area contributed by atoms with Crippen LogP contribution in [0.25, 0.3) is 0 Å². The summed E-state index contributed by atoms with van der Waals surface area (Å²) in [6.07, 6.45) is 0. The van der Waals surface area contributed by atoms with Gasteiger partial charge >= 0.3 is 0 Å². The molecule has 0 aliphatic heterocycles. The van der Waals surface area contributed by atoms with Gasteiger partial charge in [0.05, 0.1) is 13.1 Å². The third-order valence-corrected chi connectivity index (χ3v) is 3.35. The van der Waals surface area contributed by atoms with Gasteiger partial charge in [-0.15, -0.1) is 0 Å². The van der Waals surface area contributed by atoms with Crippen LogP contribution >= 0.6 is 15.9 Å². The van der Waals surface area contributed by atoms with Gasteiger partial charge in [-0.2, -0.15) is 0 Å². The van der Waals surface area contributed by atoms with Crippen molar-refractivity contribution < 1.29 is 14.6 Å². The lowest BCUT2D eigenvalue weighted by molar-refractivity contribution is -0.254. The van der Waals surface area contributed by atoms with Crippen molar-refractivity contribution in [3.05, 3.63) is 58.1 Å². The Bertz CT molecular complexity index is 628. The number of ether oxygens (including phenoxy) is 1. The van der Waals surface area contributed by atoms with Crippen LogP contribution in [-0.4, -0.2) is 13.1 Å². The molecule has 0 atom stereocenters. The molecule has 0 aromatic heterocycles. The maximum atomic E-state index is 11.0. The van der Waals surface area contributed by atoms with Crippen LogP contribution in [0.5, 0.6) is 5.75 Å². The Morgan fingerprint density at radius 3 is 2.75 bits per heavy atom. The Morgan fingerprint density at radius 1 is 1.30 bits per heavy atom. The standard InChI is InChI=1S/C15H14BrNO3/c1-20-14-7-6-11(16)8-10(14)9-17-13-5-3-2-4-12(13)15(18)19/h2-8,17H,9H2,1H3,(H,18,19)/p-1. The third kappa shape index (κ3) is 3.30. The molecular formula is C15H13BrNO3-. The SMILES string of the molecule is COc1ccc(Br)cc1CNc1ccccc1C(=O)[O-]. The van der Waals surface area contributed by atoms with Crippen LogP contribution < -0.4 is 15.2 Å². The molecule has 5 heteroatoms. The van der Waals surface area contributed by atoms with Crippen molar-refractivity contribution in [2.45, 2.75) is 6.54 Å². The maximum Gasteiger partial charge on any atom is 0.123 e. The summed E-state index contributed by atoms with van der Waals surface area (Å²) in [5, 5.41) is 14.1. The molecule has 0 radical (unpaired) electrons. The van der Waals surface area contributed by atoms with E-state index in [0.29, 0.717) is 12.2 Å². The van der Waals surface area contributed by atoms with Crippen LogP contribution in [0.4, 0.5) is 5.69 Å². The lowest BCUT2D eigenvalue weighted by Gasteiger charge is -2.14. The zero-order chi connectivity index (χ0) is 14.5. The van der Waals surface area contributed by atoms with E-state index in [1.807, 2.05) is 18.2 Å². The van der Waals surface area contributed by atoms with Crippen LogP contribution in [0.15, 0.2) is 46.9 Å². The summed E-state index contributed by atoms with van der Waals surface area (Å²) in [5.41, 5.74) is 1.59. The van der Waals surface area contributed by atoms with Gasteiger partial charge in [-0.1, -0.05) is 34.1 Å². The van der Waals surface area contributed by atoms with Gasteiger partial charge < -0.3 is 20.0 Å². The zero-order valence-electron chi connectivity index (χ0n) is 10.9. The number of halogens is 1. The number of anilines is 1. The minimum absolute atomic E-state index is 0.140. The van der Waals surface area contributed by atoms with Crippen LogP contribution in [0, 0.1) is 0 Å². The molecule has 0 spiro atoms. The lowest BCUT2D eigenvalue weighted by Crippen LogP contribution is -2.23. The summed E-state index contributed by atoms with van der Waals surface area (Å²) in [7, 11) is 1.60. The number of carbonyl (C=O) groups is 1. The van der Waals surface area contributed by atoms with Gasteiger partial charge in [0.25, 0.3) is 0 Å². The average Bonchev–Trinajstić information content (AvgIpc) is 2.45. The van der Waals surface area contributed by atoms with E-state index in [0.717, 1.165) is 15.8 Å². The molecule has 2 rings (SSSR count). The first kappa shape index (κ1) is 14.4. The first-order chi connectivity index (χ1) is 9.61. The fourth-order valence-corrected chi connectivity index (χ4v) is 2.30. The van der Waals surface area contributed by atoms with E-state index in [2.05, 4.69) is 21.2 Å². The second-order valence-corrected chi connectivity index (χ2v) is 5.06. The molecule has 2 aromatic rings. The molecule has 20 heavy (non-hydrogen) atoms. The third-order valence-electron chi connectivity index (χ3n) is 2.86. The van der Waals surface area contributed by atoms with Gasteiger partial charge in [0.2, 0.25) is 0 Å². The molecule has 0 saturated carbocycles. The molecular weight excluding hydrogens is 322 g/mol. The van der Waals surface area contributed by atoms with Gasteiger partial charge in [-0.25, -0.2) is 0 Å². The van der Waals surface area contributed by atoms with Gasteiger partial charge in [0.15, 0.2) is 0 Å². The molecule has 0 bridgehead atoms. The molecule has 0 aliphatic carbocycles. The normalized spacial score (nSPS) is 10.1. The molecule has 4 nitrogen and oxygen atoms in total. The summed E-state index contributed by atoms with van der Waals surface area (Å²) in [6, 6.07) is 12.3. The minimum Gasteiger partial charge on any atom is -0.545 e. The smallest absolute Gasteiger partial charge is 0.123 e. The van der Waals surface area contributed by atoms with E-state index >= 15 is 0 Å². The van der Waals surface area contributed by atoms with Crippen molar-refractivity contribution in [2.75, 3.05) is 12.4 Å². The van der Waals surface area contributed by atoms with Crippen molar-refractivity contribution in [3.63, 3.8) is 0 Å². The minimum atomic E-state index is -1.20. The van der Waals surface area contributed by atoms with Gasteiger partial charge in [-0.3, -0.25) is 0 Å². The first-order valence-electron chi connectivity index (χ1n) is 5.98. The number of hydrogen-bond acceptors (Lipinski definition) is 4. The monoisotopic (exact) mass is 334 g/mol. The summed E-state index contributed by atoms with van der Waals surface area (Å²) >= 11 is 3.40. The highest BCUT2D eigenvalue weighted by Crippen LogP contribution is 2.24. The Balaban J connectivity index is 2.21. The number of carbonyl (C=O) groups excluding carboxylic acids is 1. The van der Waals surface area contributed by atoms with Crippen molar-refractivity contribution in [1.29, 1.82) is 0 Å².